The van der Waals surface area contributed by atoms with Crippen LogP contribution >= 0.6 is 0 Å². The van der Waals surface area contributed by atoms with E-state index in [1.54, 1.807) is 12.1 Å². The number of aryl methyl sites for hydroxylation is 1. The van der Waals surface area contributed by atoms with Crippen molar-refractivity contribution < 1.29 is 13.2 Å². The van der Waals surface area contributed by atoms with Crippen LogP contribution in [0.2, 0.25) is 0 Å². The summed E-state index contributed by atoms with van der Waals surface area (Å²) in [7, 11) is -3.52. The molecule has 0 atom stereocenters. The number of nitrogens with one attached hydrogen (secondary N) is 2. The van der Waals surface area contributed by atoms with E-state index >= 15 is 0 Å². The van der Waals surface area contributed by atoms with E-state index < -0.39 is 10.0 Å². The topological polar surface area (TPSA) is 75.3 Å². The molecule has 5 nitrogen and oxygen atoms in total. The summed E-state index contributed by atoms with van der Waals surface area (Å²) in [6.07, 6.45) is 5.68. The maximum Gasteiger partial charge on any atom is 0.251 e. The van der Waals surface area contributed by atoms with Crippen molar-refractivity contribution in [2.45, 2.75) is 49.5 Å². The van der Waals surface area contributed by atoms with Gasteiger partial charge >= 0.3 is 0 Å². The van der Waals surface area contributed by atoms with E-state index in [9.17, 15) is 13.2 Å². The molecule has 1 amide bonds. The van der Waals surface area contributed by atoms with Crippen molar-refractivity contribution in [2.24, 2.45) is 0 Å². The smallest absolute Gasteiger partial charge is 0.251 e. The summed E-state index contributed by atoms with van der Waals surface area (Å²) in [5, 5.41) is 2.88. The van der Waals surface area contributed by atoms with Gasteiger partial charge in [-0.1, -0.05) is 43.2 Å². The van der Waals surface area contributed by atoms with Crippen LogP contribution in [0, 0.1) is 0 Å². The highest BCUT2D eigenvalue weighted by molar-refractivity contribution is 7.89. The number of rotatable bonds is 8. The summed E-state index contributed by atoms with van der Waals surface area (Å²) < 4.78 is 27.6. The van der Waals surface area contributed by atoms with Crippen LogP contribution in [0.4, 0.5) is 0 Å². The lowest BCUT2D eigenvalue weighted by molar-refractivity contribution is 0.0953. The van der Waals surface area contributed by atoms with E-state index in [1.165, 1.54) is 17.7 Å². The molecular weight excluding hydrogens is 360 g/mol. The van der Waals surface area contributed by atoms with E-state index in [0.29, 0.717) is 12.1 Å². The average Bonchev–Trinajstić information content (AvgIpc) is 3.18. The normalized spacial score (nSPS) is 15.0. The Kier molecular flexibility index (Phi) is 6.63. The second kappa shape index (κ2) is 9.15. The zero-order valence-corrected chi connectivity index (χ0v) is 16.2. The summed E-state index contributed by atoms with van der Waals surface area (Å²) in [6, 6.07) is 16.3. The minimum absolute atomic E-state index is 0.0302. The fraction of sp³-hybridized carbons (Fsp3) is 0.381. The summed E-state index contributed by atoms with van der Waals surface area (Å²) in [4.78, 5) is 12.4. The molecule has 2 aromatic rings. The number of sulfonamides is 1. The monoisotopic (exact) mass is 386 g/mol. The predicted molar refractivity (Wildman–Crippen MR) is 106 cm³/mol. The van der Waals surface area contributed by atoms with Crippen molar-refractivity contribution >= 4 is 15.9 Å². The minimum Gasteiger partial charge on any atom is -0.352 e. The van der Waals surface area contributed by atoms with E-state index in [1.807, 2.05) is 18.2 Å². The van der Waals surface area contributed by atoms with Crippen LogP contribution in [0.1, 0.15) is 48.0 Å². The van der Waals surface area contributed by atoms with Gasteiger partial charge in [-0.25, -0.2) is 13.1 Å². The van der Waals surface area contributed by atoms with E-state index in [2.05, 4.69) is 22.2 Å². The van der Waals surface area contributed by atoms with Gasteiger partial charge in [0.05, 0.1) is 4.90 Å². The number of hydrogen-bond donors (Lipinski definition) is 2. The molecule has 6 heteroatoms. The highest BCUT2D eigenvalue weighted by Crippen LogP contribution is 2.20. The third kappa shape index (κ3) is 5.65. The SMILES string of the molecule is O=C(NCCCc1ccccc1)c1ccc(S(=O)(=O)NC2CCCC2)cc1. The Morgan fingerprint density at radius 3 is 2.30 bits per heavy atom. The molecule has 1 fully saturated rings. The molecule has 0 unspecified atom stereocenters. The van der Waals surface area contributed by atoms with E-state index in [4.69, 9.17) is 0 Å². The second-order valence-corrected chi connectivity index (χ2v) is 8.69. The highest BCUT2D eigenvalue weighted by atomic mass is 32.2. The first-order valence-electron chi connectivity index (χ1n) is 9.49. The van der Waals surface area contributed by atoms with Crippen molar-refractivity contribution in [3.8, 4) is 0 Å². The Bertz CT molecular complexity index is 843. The van der Waals surface area contributed by atoms with Crippen LogP contribution in [0.3, 0.4) is 0 Å². The maximum absolute atomic E-state index is 12.4. The van der Waals surface area contributed by atoms with Crippen molar-refractivity contribution in [3.63, 3.8) is 0 Å². The fourth-order valence-electron chi connectivity index (χ4n) is 3.36. The molecule has 27 heavy (non-hydrogen) atoms. The molecule has 0 aliphatic heterocycles. The molecule has 3 rings (SSSR count). The first kappa shape index (κ1) is 19.6. The van der Waals surface area contributed by atoms with E-state index in [0.717, 1.165) is 38.5 Å². The van der Waals surface area contributed by atoms with E-state index in [-0.39, 0.29) is 16.8 Å². The first-order chi connectivity index (χ1) is 13.0. The Morgan fingerprint density at radius 1 is 0.963 bits per heavy atom. The van der Waals surface area contributed by atoms with Gasteiger partial charge in [-0.3, -0.25) is 4.79 Å². The van der Waals surface area contributed by atoms with Crippen molar-refractivity contribution in [1.29, 1.82) is 0 Å². The average molecular weight is 387 g/mol. The van der Waals surface area contributed by atoms with Crippen molar-refractivity contribution in [3.05, 3.63) is 65.7 Å². The highest BCUT2D eigenvalue weighted by Gasteiger charge is 2.22. The van der Waals surface area contributed by atoms with Gasteiger partial charge in [-0.05, 0) is 55.5 Å². The number of carbonyl (C=O) groups excluding carboxylic acids is 1. The Morgan fingerprint density at radius 2 is 1.63 bits per heavy atom. The Hall–Kier alpha value is -2.18. The zero-order valence-electron chi connectivity index (χ0n) is 15.4. The molecule has 1 aliphatic rings. The van der Waals surface area contributed by atoms with Gasteiger partial charge in [0.2, 0.25) is 10.0 Å². The summed E-state index contributed by atoms with van der Waals surface area (Å²) in [5.41, 5.74) is 1.71. The summed E-state index contributed by atoms with van der Waals surface area (Å²) in [6.45, 7) is 0.580. The zero-order chi connectivity index (χ0) is 19.1. The third-order valence-corrected chi connectivity index (χ3v) is 6.41. The second-order valence-electron chi connectivity index (χ2n) is 6.97. The van der Waals surface area contributed by atoms with Crippen LogP contribution < -0.4 is 10.0 Å². The standard InChI is InChI=1S/C21H26N2O3S/c24-21(22-16-6-9-17-7-2-1-3-8-17)18-12-14-20(15-13-18)27(25,26)23-19-10-4-5-11-19/h1-3,7-8,12-15,19,23H,4-6,9-11,16H2,(H,22,24). The van der Waals surface area contributed by atoms with Gasteiger partial charge in [-0.2, -0.15) is 0 Å². The van der Waals surface area contributed by atoms with Crippen molar-refractivity contribution in [1.82, 2.24) is 10.0 Å². The predicted octanol–water partition coefficient (Wildman–Crippen LogP) is 3.27. The van der Waals surface area contributed by atoms with Crippen LogP contribution in [0.15, 0.2) is 59.5 Å². The maximum atomic E-state index is 12.4. The number of carbonyl (C=O) groups is 1. The molecule has 0 radical (unpaired) electrons. The van der Waals surface area contributed by atoms with Crippen LogP contribution in [0.25, 0.3) is 0 Å². The molecular formula is C21H26N2O3S. The van der Waals surface area contributed by atoms with Gasteiger partial charge in [0.25, 0.3) is 5.91 Å². The molecule has 0 aromatic heterocycles. The first-order valence-corrected chi connectivity index (χ1v) is 11.0. The van der Waals surface area contributed by atoms with Gasteiger partial charge in [0.15, 0.2) is 0 Å². The summed E-state index contributed by atoms with van der Waals surface area (Å²) in [5.74, 6) is -0.184. The molecule has 1 saturated carbocycles. The van der Waals surface area contributed by atoms with Crippen molar-refractivity contribution in [2.75, 3.05) is 6.54 Å². The molecule has 0 heterocycles. The van der Waals surface area contributed by atoms with Crippen LogP contribution in [-0.4, -0.2) is 26.9 Å². The molecule has 0 bridgehead atoms. The largest absolute Gasteiger partial charge is 0.352 e. The van der Waals surface area contributed by atoms with Crippen LogP contribution in [-0.2, 0) is 16.4 Å². The number of amides is 1. The number of benzene rings is 2. The molecule has 2 N–H and O–H groups in total. The lowest BCUT2D eigenvalue weighted by atomic mass is 10.1. The molecule has 2 aromatic carbocycles. The molecule has 144 valence electrons. The van der Waals surface area contributed by atoms with Gasteiger partial charge in [-0.15, -0.1) is 0 Å². The Balaban J connectivity index is 1.49. The molecule has 0 spiro atoms. The lowest BCUT2D eigenvalue weighted by Gasteiger charge is -2.13. The Labute approximate surface area is 161 Å². The lowest BCUT2D eigenvalue weighted by Crippen LogP contribution is -2.32. The molecule has 0 saturated heterocycles. The number of hydrogen-bond acceptors (Lipinski definition) is 3. The van der Waals surface area contributed by atoms with Crippen LogP contribution in [0.5, 0.6) is 0 Å². The van der Waals surface area contributed by atoms with Gasteiger partial charge in [0.1, 0.15) is 0 Å². The third-order valence-electron chi connectivity index (χ3n) is 4.87. The van der Waals surface area contributed by atoms with Gasteiger partial charge < -0.3 is 5.32 Å². The summed E-state index contributed by atoms with van der Waals surface area (Å²) >= 11 is 0. The quantitative estimate of drug-likeness (QED) is 0.684. The fourth-order valence-corrected chi connectivity index (χ4v) is 4.66. The molecule has 1 aliphatic carbocycles. The van der Waals surface area contributed by atoms with Gasteiger partial charge in [0, 0.05) is 18.2 Å². The minimum atomic E-state index is -3.52.